The molecule has 2 rings (SSSR count). The van der Waals surface area contributed by atoms with Crippen LogP contribution in [0.25, 0.3) is 11.1 Å². The summed E-state index contributed by atoms with van der Waals surface area (Å²) in [6, 6.07) is 16.0. The largest absolute Gasteiger partial charge is 0.494 e. The zero-order valence-electron chi connectivity index (χ0n) is 10.0. The van der Waals surface area contributed by atoms with Crippen molar-refractivity contribution < 1.29 is 4.74 Å². The molecule has 0 saturated carbocycles. The van der Waals surface area contributed by atoms with Gasteiger partial charge in [-0.1, -0.05) is 31.2 Å². The molecule has 17 heavy (non-hydrogen) atoms. The molecule has 0 spiro atoms. The monoisotopic (exact) mass is 227 g/mol. The molecule has 0 fully saturated rings. The second-order valence-electron chi connectivity index (χ2n) is 4.00. The van der Waals surface area contributed by atoms with Gasteiger partial charge in [0.2, 0.25) is 0 Å². The zero-order valence-corrected chi connectivity index (χ0v) is 10.0. The Balaban J connectivity index is 2.23. The molecule has 0 amide bonds. The standard InChI is InChI=1S/C15H17NO/c1-2-10-17-15-5-3-4-13(11-15)12-6-8-14(16)9-7-12/h3-9,11H,2,10,16H2,1H3. The summed E-state index contributed by atoms with van der Waals surface area (Å²) in [4.78, 5) is 0. The molecule has 0 bridgehead atoms. The van der Waals surface area contributed by atoms with Gasteiger partial charge in [0.15, 0.2) is 0 Å². The predicted molar refractivity (Wildman–Crippen MR) is 72.1 cm³/mol. The average molecular weight is 227 g/mol. The van der Waals surface area contributed by atoms with Crippen LogP contribution >= 0.6 is 0 Å². The van der Waals surface area contributed by atoms with E-state index in [9.17, 15) is 0 Å². The van der Waals surface area contributed by atoms with Gasteiger partial charge in [-0.25, -0.2) is 0 Å². The minimum absolute atomic E-state index is 0.755. The summed E-state index contributed by atoms with van der Waals surface area (Å²) in [6.07, 6.45) is 1.02. The average Bonchev–Trinajstić information content (AvgIpc) is 2.37. The number of ether oxygens (including phenoxy) is 1. The van der Waals surface area contributed by atoms with Crippen molar-refractivity contribution in [1.82, 2.24) is 0 Å². The first-order valence-electron chi connectivity index (χ1n) is 5.88. The molecule has 0 heterocycles. The third-order valence-electron chi connectivity index (χ3n) is 2.55. The summed E-state index contributed by atoms with van der Waals surface area (Å²) < 4.78 is 5.62. The van der Waals surface area contributed by atoms with Crippen LogP contribution in [0.15, 0.2) is 48.5 Å². The van der Waals surface area contributed by atoms with Crippen molar-refractivity contribution in [3.63, 3.8) is 0 Å². The summed E-state index contributed by atoms with van der Waals surface area (Å²) in [5.41, 5.74) is 8.77. The number of benzene rings is 2. The van der Waals surface area contributed by atoms with Crippen LogP contribution in [0.3, 0.4) is 0 Å². The highest BCUT2D eigenvalue weighted by molar-refractivity contribution is 5.66. The van der Waals surface area contributed by atoms with Gasteiger partial charge in [0.1, 0.15) is 5.75 Å². The maximum absolute atomic E-state index is 5.68. The molecule has 0 aromatic heterocycles. The molecule has 0 atom stereocenters. The number of anilines is 1. The summed E-state index contributed by atoms with van der Waals surface area (Å²) in [7, 11) is 0. The van der Waals surface area contributed by atoms with Gasteiger partial charge in [0.05, 0.1) is 6.61 Å². The maximum Gasteiger partial charge on any atom is 0.119 e. The van der Waals surface area contributed by atoms with Gasteiger partial charge < -0.3 is 10.5 Å². The Morgan fingerprint density at radius 2 is 1.76 bits per heavy atom. The molecule has 2 aromatic rings. The van der Waals surface area contributed by atoms with Gasteiger partial charge >= 0.3 is 0 Å². The molecule has 2 nitrogen and oxygen atoms in total. The van der Waals surface area contributed by atoms with E-state index in [1.165, 1.54) is 0 Å². The topological polar surface area (TPSA) is 35.2 Å². The first-order chi connectivity index (χ1) is 8.29. The zero-order chi connectivity index (χ0) is 12.1. The molecule has 0 saturated heterocycles. The first-order valence-corrected chi connectivity index (χ1v) is 5.88. The summed E-state index contributed by atoms with van der Waals surface area (Å²) >= 11 is 0. The van der Waals surface area contributed by atoms with Gasteiger partial charge in [-0.3, -0.25) is 0 Å². The fraction of sp³-hybridized carbons (Fsp3) is 0.200. The van der Waals surface area contributed by atoms with Crippen LogP contribution in [0.4, 0.5) is 5.69 Å². The Morgan fingerprint density at radius 1 is 1.00 bits per heavy atom. The normalized spacial score (nSPS) is 10.2. The Bertz CT molecular complexity index is 477. The second kappa shape index (κ2) is 5.39. The summed E-state index contributed by atoms with van der Waals surface area (Å²) in [5.74, 6) is 0.918. The number of hydrogen-bond donors (Lipinski definition) is 1. The lowest BCUT2D eigenvalue weighted by atomic mass is 10.1. The van der Waals surface area contributed by atoms with E-state index in [2.05, 4.69) is 19.1 Å². The lowest BCUT2D eigenvalue weighted by molar-refractivity contribution is 0.317. The van der Waals surface area contributed by atoms with E-state index < -0.39 is 0 Å². The van der Waals surface area contributed by atoms with Gasteiger partial charge in [-0.2, -0.15) is 0 Å². The SMILES string of the molecule is CCCOc1cccc(-c2ccc(N)cc2)c1. The van der Waals surface area contributed by atoms with Crippen LogP contribution < -0.4 is 10.5 Å². The Hall–Kier alpha value is -1.96. The highest BCUT2D eigenvalue weighted by Gasteiger charge is 1.99. The van der Waals surface area contributed by atoms with Gasteiger partial charge in [-0.15, -0.1) is 0 Å². The molecule has 2 heteroatoms. The molecular weight excluding hydrogens is 210 g/mol. The van der Waals surface area contributed by atoms with E-state index in [-0.39, 0.29) is 0 Å². The Labute approximate surface area is 102 Å². The highest BCUT2D eigenvalue weighted by Crippen LogP contribution is 2.24. The van der Waals surface area contributed by atoms with Crippen LogP contribution in [-0.2, 0) is 0 Å². The lowest BCUT2D eigenvalue weighted by Crippen LogP contribution is -1.94. The van der Waals surface area contributed by atoms with Crippen LogP contribution in [-0.4, -0.2) is 6.61 Å². The lowest BCUT2D eigenvalue weighted by Gasteiger charge is -2.07. The van der Waals surface area contributed by atoms with Gasteiger partial charge in [0.25, 0.3) is 0 Å². The quantitative estimate of drug-likeness (QED) is 0.808. The molecule has 0 radical (unpaired) electrons. The summed E-state index contributed by atoms with van der Waals surface area (Å²) in [6.45, 7) is 2.86. The number of rotatable bonds is 4. The molecule has 0 aliphatic heterocycles. The van der Waals surface area contributed by atoms with Crippen molar-refractivity contribution in [3.05, 3.63) is 48.5 Å². The molecule has 0 aliphatic carbocycles. The number of hydrogen-bond acceptors (Lipinski definition) is 2. The van der Waals surface area contributed by atoms with Crippen LogP contribution in [0.5, 0.6) is 5.75 Å². The van der Waals surface area contributed by atoms with Crippen LogP contribution in [0.2, 0.25) is 0 Å². The van der Waals surface area contributed by atoms with Crippen LogP contribution in [0, 0.1) is 0 Å². The van der Waals surface area contributed by atoms with E-state index in [4.69, 9.17) is 10.5 Å². The number of nitrogen functional groups attached to an aromatic ring is 1. The van der Waals surface area contributed by atoms with E-state index in [1.54, 1.807) is 0 Å². The Kier molecular flexibility index (Phi) is 3.66. The van der Waals surface area contributed by atoms with E-state index in [0.717, 1.165) is 35.6 Å². The van der Waals surface area contributed by atoms with Gasteiger partial charge in [-0.05, 0) is 41.8 Å². The van der Waals surface area contributed by atoms with Crippen molar-refractivity contribution in [2.45, 2.75) is 13.3 Å². The first kappa shape index (κ1) is 11.5. The maximum atomic E-state index is 5.68. The van der Waals surface area contributed by atoms with Crippen molar-refractivity contribution >= 4 is 5.69 Å². The molecular formula is C15H17NO. The fourth-order valence-electron chi connectivity index (χ4n) is 1.66. The van der Waals surface area contributed by atoms with Crippen molar-refractivity contribution in [3.8, 4) is 16.9 Å². The smallest absolute Gasteiger partial charge is 0.119 e. The third-order valence-corrected chi connectivity index (χ3v) is 2.55. The van der Waals surface area contributed by atoms with E-state index in [1.807, 2.05) is 36.4 Å². The highest BCUT2D eigenvalue weighted by atomic mass is 16.5. The minimum Gasteiger partial charge on any atom is -0.494 e. The van der Waals surface area contributed by atoms with Crippen LogP contribution in [0.1, 0.15) is 13.3 Å². The van der Waals surface area contributed by atoms with E-state index >= 15 is 0 Å². The predicted octanol–water partition coefficient (Wildman–Crippen LogP) is 3.72. The van der Waals surface area contributed by atoms with Crippen molar-refractivity contribution in [2.75, 3.05) is 12.3 Å². The third kappa shape index (κ3) is 3.00. The molecule has 2 aromatic carbocycles. The molecule has 88 valence electrons. The second-order valence-corrected chi connectivity index (χ2v) is 4.00. The fourth-order valence-corrected chi connectivity index (χ4v) is 1.66. The minimum atomic E-state index is 0.755. The molecule has 0 aliphatic rings. The van der Waals surface area contributed by atoms with Crippen molar-refractivity contribution in [2.24, 2.45) is 0 Å². The summed E-state index contributed by atoms with van der Waals surface area (Å²) in [5, 5.41) is 0. The molecule has 0 unspecified atom stereocenters. The number of nitrogens with two attached hydrogens (primary N) is 1. The van der Waals surface area contributed by atoms with Gasteiger partial charge in [0, 0.05) is 5.69 Å². The molecule has 2 N–H and O–H groups in total. The van der Waals surface area contributed by atoms with Crippen molar-refractivity contribution in [1.29, 1.82) is 0 Å². The Morgan fingerprint density at radius 3 is 2.47 bits per heavy atom. The van der Waals surface area contributed by atoms with E-state index in [0.29, 0.717) is 0 Å².